The molecule has 3 N–H and O–H groups in total. The van der Waals surface area contributed by atoms with Crippen molar-refractivity contribution in [1.82, 2.24) is 15.4 Å². The number of hydrogen-bond acceptors (Lipinski definition) is 4. The lowest BCUT2D eigenvalue weighted by molar-refractivity contribution is 0.0931. The van der Waals surface area contributed by atoms with Gasteiger partial charge in [0.1, 0.15) is 0 Å². The van der Waals surface area contributed by atoms with Crippen molar-refractivity contribution in [1.29, 1.82) is 0 Å². The molecule has 1 unspecified atom stereocenters. The molecule has 1 aromatic rings. The van der Waals surface area contributed by atoms with Crippen LogP contribution in [0.5, 0.6) is 0 Å². The van der Waals surface area contributed by atoms with E-state index in [2.05, 4.69) is 27.3 Å². The van der Waals surface area contributed by atoms with E-state index in [-0.39, 0.29) is 24.0 Å². The number of ether oxygens (including phenoxy) is 1. The lowest BCUT2D eigenvalue weighted by Crippen LogP contribution is -2.53. The third-order valence-corrected chi connectivity index (χ3v) is 4.44. The van der Waals surface area contributed by atoms with Gasteiger partial charge < -0.3 is 15.4 Å². The topological polar surface area (TPSA) is 91.8 Å². The number of benzene rings is 1. The summed E-state index contributed by atoms with van der Waals surface area (Å²) in [5, 5.41) is 6.38. The number of rotatable bonds is 10. The average molecular weight is 512 g/mol. The van der Waals surface area contributed by atoms with E-state index in [0.717, 1.165) is 11.8 Å². The predicted octanol–water partition coefficient (Wildman–Crippen LogP) is 1.95. The summed E-state index contributed by atoms with van der Waals surface area (Å²) in [5.74, 6) is 0.933. The van der Waals surface area contributed by atoms with Gasteiger partial charge in [-0.25, -0.2) is 13.1 Å². The number of hydrogen-bond donors (Lipinski definition) is 3. The van der Waals surface area contributed by atoms with Gasteiger partial charge in [-0.05, 0) is 25.3 Å². The Hall–Kier alpha value is -0.910. The van der Waals surface area contributed by atoms with Crippen LogP contribution in [0.15, 0.2) is 35.3 Å². The number of nitrogens with one attached hydrogen (secondary N) is 3. The van der Waals surface area contributed by atoms with Crippen molar-refractivity contribution in [2.45, 2.75) is 32.9 Å². The van der Waals surface area contributed by atoms with Gasteiger partial charge in [-0.3, -0.25) is 4.99 Å². The van der Waals surface area contributed by atoms with Gasteiger partial charge in [-0.15, -0.1) is 24.0 Å². The molecule has 1 atom stereocenters. The van der Waals surface area contributed by atoms with E-state index >= 15 is 0 Å². The Morgan fingerprint density at radius 1 is 1.22 bits per heavy atom. The Balaban J connectivity index is 0.00000676. The SMILES string of the molecule is CN=C(NCC(C)COCc1ccccc1)NCC(C)(C)NS(C)(=O)=O.I. The molecule has 27 heavy (non-hydrogen) atoms. The summed E-state index contributed by atoms with van der Waals surface area (Å²) in [6.45, 7) is 8.08. The van der Waals surface area contributed by atoms with E-state index in [0.29, 0.717) is 38.2 Å². The Morgan fingerprint density at radius 3 is 2.41 bits per heavy atom. The number of guanidine groups is 1. The van der Waals surface area contributed by atoms with Crippen molar-refractivity contribution in [2.75, 3.05) is 33.0 Å². The molecule has 0 radical (unpaired) electrons. The fourth-order valence-corrected chi connectivity index (χ4v) is 3.42. The van der Waals surface area contributed by atoms with Gasteiger partial charge in [0.05, 0.1) is 19.5 Å². The van der Waals surface area contributed by atoms with Gasteiger partial charge in [0, 0.05) is 25.7 Å². The quantitative estimate of drug-likeness (QED) is 0.253. The smallest absolute Gasteiger partial charge is 0.209 e. The minimum Gasteiger partial charge on any atom is -0.376 e. The van der Waals surface area contributed by atoms with Crippen molar-refractivity contribution < 1.29 is 13.2 Å². The number of nitrogens with zero attached hydrogens (tertiary/aromatic N) is 1. The van der Waals surface area contributed by atoms with E-state index in [9.17, 15) is 8.42 Å². The largest absolute Gasteiger partial charge is 0.376 e. The first-order valence-electron chi connectivity index (χ1n) is 8.66. The first kappa shape index (κ1) is 26.1. The zero-order valence-electron chi connectivity index (χ0n) is 16.8. The molecule has 0 bridgehead atoms. The maximum Gasteiger partial charge on any atom is 0.209 e. The molecule has 1 aromatic carbocycles. The summed E-state index contributed by atoms with van der Waals surface area (Å²) in [5.41, 5.74) is 0.543. The molecular formula is C18H33IN4O3S. The second-order valence-corrected chi connectivity index (χ2v) is 8.92. The van der Waals surface area contributed by atoms with Gasteiger partial charge >= 0.3 is 0 Å². The average Bonchev–Trinajstić information content (AvgIpc) is 2.53. The molecule has 1 rings (SSSR count). The highest BCUT2D eigenvalue weighted by Gasteiger charge is 2.22. The van der Waals surface area contributed by atoms with Gasteiger partial charge in [-0.2, -0.15) is 0 Å². The molecule has 0 spiro atoms. The van der Waals surface area contributed by atoms with Crippen LogP contribution in [0.3, 0.4) is 0 Å². The molecular weight excluding hydrogens is 479 g/mol. The van der Waals surface area contributed by atoms with Crippen LogP contribution >= 0.6 is 24.0 Å². The molecule has 156 valence electrons. The lowest BCUT2D eigenvalue weighted by atomic mass is 10.1. The van der Waals surface area contributed by atoms with Crippen molar-refractivity contribution in [2.24, 2.45) is 10.9 Å². The third-order valence-electron chi connectivity index (χ3n) is 3.51. The minimum absolute atomic E-state index is 0. The van der Waals surface area contributed by atoms with E-state index in [1.807, 2.05) is 44.2 Å². The fourth-order valence-electron chi connectivity index (χ4n) is 2.35. The Kier molecular flexibility index (Phi) is 12.1. The van der Waals surface area contributed by atoms with Crippen LogP contribution in [0.4, 0.5) is 0 Å². The van der Waals surface area contributed by atoms with Gasteiger partial charge in [0.15, 0.2) is 5.96 Å². The van der Waals surface area contributed by atoms with Gasteiger partial charge in [-0.1, -0.05) is 37.3 Å². The molecule has 0 amide bonds. The van der Waals surface area contributed by atoms with Crippen molar-refractivity contribution >= 4 is 40.0 Å². The molecule has 7 nitrogen and oxygen atoms in total. The zero-order chi connectivity index (χ0) is 19.6. The summed E-state index contributed by atoms with van der Waals surface area (Å²) >= 11 is 0. The summed E-state index contributed by atoms with van der Waals surface area (Å²) in [6.07, 6.45) is 1.15. The van der Waals surface area contributed by atoms with Crippen LogP contribution in [0.1, 0.15) is 26.3 Å². The highest BCUT2D eigenvalue weighted by molar-refractivity contribution is 14.0. The van der Waals surface area contributed by atoms with Crippen LogP contribution in [0, 0.1) is 5.92 Å². The second-order valence-electron chi connectivity index (χ2n) is 7.17. The summed E-state index contributed by atoms with van der Waals surface area (Å²) in [7, 11) is -1.58. The standard InChI is InChI=1S/C18H32N4O3S.HI/c1-15(12-25-13-16-9-7-6-8-10-16)11-20-17(19-4)21-14-18(2,3)22-26(5,23)24;/h6-10,15,22H,11-14H2,1-5H3,(H2,19,20,21);1H. The Labute approximate surface area is 180 Å². The summed E-state index contributed by atoms with van der Waals surface area (Å²) in [6, 6.07) is 10.1. The van der Waals surface area contributed by atoms with Crippen LogP contribution in [-0.4, -0.2) is 52.9 Å². The van der Waals surface area contributed by atoms with Crippen LogP contribution in [-0.2, 0) is 21.4 Å². The maximum atomic E-state index is 11.4. The molecule has 9 heteroatoms. The molecule has 0 aromatic heterocycles. The van der Waals surface area contributed by atoms with E-state index in [4.69, 9.17) is 4.74 Å². The molecule has 0 aliphatic rings. The van der Waals surface area contributed by atoms with Crippen LogP contribution in [0.25, 0.3) is 0 Å². The summed E-state index contributed by atoms with van der Waals surface area (Å²) in [4.78, 5) is 4.16. The number of sulfonamides is 1. The van der Waals surface area contributed by atoms with Crippen molar-refractivity contribution in [3.63, 3.8) is 0 Å². The van der Waals surface area contributed by atoms with Gasteiger partial charge in [0.25, 0.3) is 0 Å². The Morgan fingerprint density at radius 2 is 1.85 bits per heavy atom. The van der Waals surface area contributed by atoms with E-state index in [1.54, 1.807) is 7.05 Å². The number of aliphatic imine (C=N–C) groups is 1. The maximum absolute atomic E-state index is 11.4. The predicted molar refractivity (Wildman–Crippen MR) is 122 cm³/mol. The van der Waals surface area contributed by atoms with Crippen molar-refractivity contribution in [3.05, 3.63) is 35.9 Å². The monoisotopic (exact) mass is 512 g/mol. The van der Waals surface area contributed by atoms with Crippen molar-refractivity contribution in [3.8, 4) is 0 Å². The van der Waals surface area contributed by atoms with E-state index < -0.39 is 15.6 Å². The fraction of sp³-hybridized carbons (Fsp3) is 0.611. The molecule has 0 fully saturated rings. The molecule has 0 heterocycles. The second kappa shape index (κ2) is 12.5. The normalized spacial score (nSPS) is 13.6. The summed E-state index contributed by atoms with van der Waals surface area (Å²) < 4.78 is 31.1. The number of halogens is 1. The molecule has 0 aliphatic carbocycles. The van der Waals surface area contributed by atoms with E-state index in [1.165, 1.54) is 0 Å². The van der Waals surface area contributed by atoms with Crippen LogP contribution < -0.4 is 15.4 Å². The third kappa shape index (κ3) is 13.0. The molecule has 0 saturated carbocycles. The first-order chi connectivity index (χ1) is 12.1. The highest BCUT2D eigenvalue weighted by Crippen LogP contribution is 2.03. The Bertz CT molecular complexity index is 666. The van der Waals surface area contributed by atoms with Gasteiger partial charge in [0.2, 0.25) is 10.0 Å². The molecule has 0 aliphatic heterocycles. The minimum atomic E-state index is -3.26. The zero-order valence-corrected chi connectivity index (χ0v) is 19.9. The molecule has 0 saturated heterocycles. The highest BCUT2D eigenvalue weighted by atomic mass is 127. The van der Waals surface area contributed by atoms with Crippen LogP contribution in [0.2, 0.25) is 0 Å². The lowest BCUT2D eigenvalue weighted by Gasteiger charge is -2.26. The first-order valence-corrected chi connectivity index (χ1v) is 10.6.